The topological polar surface area (TPSA) is 29.9 Å². The molecule has 1 N–H and O–H groups in total. The number of ether oxygens (including phenoxy) is 1. The van der Waals surface area contributed by atoms with Gasteiger partial charge in [-0.1, -0.05) is 6.07 Å². The molecule has 3 aromatic rings. The third kappa shape index (κ3) is 2.09. The van der Waals surface area contributed by atoms with E-state index in [9.17, 15) is 0 Å². The first kappa shape index (κ1) is 12.4. The average Bonchev–Trinajstić information content (AvgIpc) is 3.03. The average molecular weight is 290 g/mol. The molecule has 0 fully saturated rings. The Bertz CT molecular complexity index is 755. The van der Waals surface area contributed by atoms with Crippen LogP contribution in [0.2, 0.25) is 0 Å². The molecule has 3 rings (SSSR count). The van der Waals surface area contributed by atoms with E-state index in [1.807, 2.05) is 18.2 Å². The normalized spacial score (nSPS) is 12.7. The molecule has 0 saturated heterocycles. The zero-order chi connectivity index (χ0) is 13.4. The number of fused-ring (bicyclic) bond motifs is 1. The second-order valence-corrected chi connectivity index (χ2v) is 5.74. The number of methoxy groups -OCH3 is 1. The molecule has 3 nitrogen and oxygen atoms in total. The summed E-state index contributed by atoms with van der Waals surface area (Å²) < 4.78 is 8.13. The van der Waals surface area contributed by atoms with Gasteiger partial charge in [-0.15, -0.1) is 11.3 Å². The number of thiophene rings is 1. The van der Waals surface area contributed by atoms with Gasteiger partial charge in [0.1, 0.15) is 5.75 Å². The van der Waals surface area contributed by atoms with E-state index >= 15 is 0 Å². The van der Waals surface area contributed by atoms with E-state index in [0.29, 0.717) is 0 Å². The summed E-state index contributed by atoms with van der Waals surface area (Å²) in [6.45, 7) is 2.17. The van der Waals surface area contributed by atoms with Crippen LogP contribution in [0.1, 0.15) is 17.8 Å². The van der Waals surface area contributed by atoms with E-state index in [-0.39, 0.29) is 6.04 Å². The third-order valence-electron chi connectivity index (χ3n) is 3.27. The smallest absolute Gasteiger partial charge is 0.178 e. The minimum Gasteiger partial charge on any atom is -0.497 e. The van der Waals surface area contributed by atoms with Crippen LogP contribution < -0.4 is 4.74 Å². The van der Waals surface area contributed by atoms with E-state index in [1.54, 1.807) is 18.4 Å². The lowest BCUT2D eigenvalue weighted by atomic mass is 10.2. The second kappa shape index (κ2) is 4.83. The molecular weight excluding hydrogens is 276 g/mol. The van der Waals surface area contributed by atoms with Crippen LogP contribution in [0.5, 0.6) is 5.75 Å². The highest BCUT2D eigenvalue weighted by atomic mass is 32.1. The van der Waals surface area contributed by atoms with Gasteiger partial charge in [0.05, 0.1) is 24.2 Å². The summed E-state index contributed by atoms with van der Waals surface area (Å²) in [6.07, 6.45) is 0. The molecule has 1 unspecified atom stereocenters. The highest BCUT2D eigenvalue weighted by molar-refractivity contribution is 7.71. The quantitative estimate of drug-likeness (QED) is 0.726. The minimum absolute atomic E-state index is 0.231. The number of hydrogen-bond donors (Lipinski definition) is 1. The Kier molecular flexibility index (Phi) is 3.16. The second-order valence-electron chi connectivity index (χ2n) is 4.37. The molecule has 0 aliphatic heterocycles. The lowest BCUT2D eigenvalue weighted by Crippen LogP contribution is -2.04. The van der Waals surface area contributed by atoms with Crippen molar-refractivity contribution < 1.29 is 4.74 Å². The van der Waals surface area contributed by atoms with Crippen molar-refractivity contribution in [3.8, 4) is 5.75 Å². The summed E-state index contributed by atoms with van der Waals surface area (Å²) in [4.78, 5) is 4.55. The van der Waals surface area contributed by atoms with Crippen LogP contribution in [-0.4, -0.2) is 16.7 Å². The van der Waals surface area contributed by atoms with Gasteiger partial charge in [0.2, 0.25) is 0 Å². The van der Waals surface area contributed by atoms with E-state index < -0.39 is 0 Å². The molecule has 2 heterocycles. The molecule has 19 heavy (non-hydrogen) atoms. The van der Waals surface area contributed by atoms with E-state index in [0.717, 1.165) is 21.6 Å². The summed E-state index contributed by atoms with van der Waals surface area (Å²) >= 11 is 7.20. The van der Waals surface area contributed by atoms with Crippen LogP contribution >= 0.6 is 23.6 Å². The number of nitrogens with one attached hydrogen (secondary N) is 1. The molecule has 1 aromatic carbocycles. The Morgan fingerprint density at radius 1 is 1.37 bits per heavy atom. The van der Waals surface area contributed by atoms with Crippen molar-refractivity contribution >= 4 is 34.6 Å². The van der Waals surface area contributed by atoms with Crippen molar-refractivity contribution in [1.29, 1.82) is 0 Å². The molecule has 0 aliphatic carbocycles. The van der Waals surface area contributed by atoms with Crippen molar-refractivity contribution in [3.63, 3.8) is 0 Å². The molecule has 98 valence electrons. The van der Waals surface area contributed by atoms with Crippen LogP contribution in [0.15, 0.2) is 35.7 Å². The molecule has 0 spiro atoms. The Balaban J connectivity index is 2.18. The SMILES string of the molecule is COc1ccc2c(c1)[nH]c(=S)n2C(C)c1cccs1. The van der Waals surface area contributed by atoms with Gasteiger partial charge in [0, 0.05) is 10.9 Å². The van der Waals surface area contributed by atoms with Gasteiger partial charge in [-0.2, -0.15) is 0 Å². The molecule has 0 bridgehead atoms. The first-order chi connectivity index (χ1) is 9.20. The van der Waals surface area contributed by atoms with Gasteiger partial charge in [-0.25, -0.2) is 0 Å². The Labute approximate surface area is 120 Å². The number of H-pyrrole nitrogens is 1. The van der Waals surface area contributed by atoms with Crippen LogP contribution in [0.4, 0.5) is 0 Å². The largest absolute Gasteiger partial charge is 0.497 e. The third-order valence-corrected chi connectivity index (χ3v) is 4.61. The Morgan fingerprint density at radius 3 is 2.89 bits per heavy atom. The van der Waals surface area contributed by atoms with Crippen LogP contribution in [0.25, 0.3) is 11.0 Å². The number of imidazole rings is 1. The molecule has 2 aromatic heterocycles. The Morgan fingerprint density at radius 2 is 2.21 bits per heavy atom. The predicted octanol–water partition coefficient (Wildman–Crippen LogP) is 4.38. The first-order valence-electron chi connectivity index (χ1n) is 6.02. The first-order valence-corrected chi connectivity index (χ1v) is 7.31. The number of aromatic amines is 1. The standard InChI is InChI=1S/C14H14N2OS2/c1-9(13-4-3-7-19-13)16-12-6-5-10(17-2)8-11(12)15-14(16)18/h3-9H,1-2H3,(H,15,18). The summed E-state index contributed by atoms with van der Waals surface area (Å²) in [6, 6.07) is 10.4. The highest BCUT2D eigenvalue weighted by Gasteiger charge is 2.14. The summed E-state index contributed by atoms with van der Waals surface area (Å²) in [7, 11) is 1.67. The van der Waals surface area contributed by atoms with Gasteiger partial charge in [0.25, 0.3) is 0 Å². The zero-order valence-electron chi connectivity index (χ0n) is 10.7. The lowest BCUT2D eigenvalue weighted by molar-refractivity contribution is 0.415. The molecule has 5 heteroatoms. The van der Waals surface area contributed by atoms with E-state index in [1.165, 1.54) is 4.88 Å². The van der Waals surface area contributed by atoms with Gasteiger partial charge in [-0.05, 0) is 42.7 Å². The molecule has 0 radical (unpaired) electrons. The summed E-state index contributed by atoms with van der Waals surface area (Å²) in [5.41, 5.74) is 2.11. The predicted molar refractivity (Wildman–Crippen MR) is 81.8 cm³/mol. The number of rotatable bonds is 3. The van der Waals surface area contributed by atoms with Crippen LogP contribution in [0.3, 0.4) is 0 Å². The Hall–Kier alpha value is -1.59. The van der Waals surface area contributed by atoms with Gasteiger partial charge < -0.3 is 14.3 Å². The lowest BCUT2D eigenvalue weighted by Gasteiger charge is -2.12. The molecule has 0 amide bonds. The molecule has 0 aliphatic rings. The van der Waals surface area contributed by atoms with Crippen molar-refractivity contribution in [2.24, 2.45) is 0 Å². The van der Waals surface area contributed by atoms with Crippen molar-refractivity contribution in [3.05, 3.63) is 45.4 Å². The summed E-state index contributed by atoms with van der Waals surface area (Å²) in [5, 5.41) is 2.09. The minimum atomic E-state index is 0.231. The number of benzene rings is 1. The molecular formula is C14H14N2OS2. The number of nitrogens with zero attached hydrogens (tertiary/aromatic N) is 1. The fourth-order valence-electron chi connectivity index (χ4n) is 2.28. The molecule has 0 saturated carbocycles. The highest BCUT2D eigenvalue weighted by Crippen LogP contribution is 2.28. The summed E-state index contributed by atoms with van der Waals surface area (Å²) in [5.74, 6) is 0.833. The maximum atomic E-state index is 5.45. The van der Waals surface area contributed by atoms with Crippen molar-refractivity contribution in [2.45, 2.75) is 13.0 Å². The van der Waals surface area contributed by atoms with Crippen molar-refractivity contribution in [1.82, 2.24) is 9.55 Å². The fraction of sp³-hybridized carbons (Fsp3) is 0.214. The maximum Gasteiger partial charge on any atom is 0.178 e. The van der Waals surface area contributed by atoms with E-state index in [2.05, 4.69) is 34.0 Å². The molecule has 1 atom stereocenters. The van der Waals surface area contributed by atoms with Crippen molar-refractivity contribution in [2.75, 3.05) is 7.11 Å². The zero-order valence-corrected chi connectivity index (χ0v) is 12.3. The number of aromatic nitrogens is 2. The monoisotopic (exact) mass is 290 g/mol. The van der Waals surface area contributed by atoms with Gasteiger partial charge in [-0.3, -0.25) is 0 Å². The number of hydrogen-bond acceptors (Lipinski definition) is 3. The van der Waals surface area contributed by atoms with Crippen LogP contribution in [0, 0.1) is 4.77 Å². The fourth-order valence-corrected chi connectivity index (χ4v) is 3.42. The van der Waals surface area contributed by atoms with Gasteiger partial charge in [0.15, 0.2) is 4.77 Å². The van der Waals surface area contributed by atoms with E-state index in [4.69, 9.17) is 17.0 Å². The van der Waals surface area contributed by atoms with Crippen LogP contribution in [-0.2, 0) is 0 Å². The maximum absolute atomic E-state index is 5.45. The van der Waals surface area contributed by atoms with Gasteiger partial charge >= 0.3 is 0 Å².